The van der Waals surface area contributed by atoms with E-state index >= 15 is 0 Å². The molecule has 32 heavy (non-hydrogen) atoms. The van der Waals surface area contributed by atoms with E-state index in [0.29, 0.717) is 43.0 Å². The van der Waals surface area contributed by atoms with Crippen LogP contribution in [0.2, 0.25) is 0 Å². The molecule has 0 saturated carbocycles. The molecular formula is C24H29N3O5. The molecule has 170 valence electrons. The van der Waals surface area contributed by atoms with E-state index < -0.39 is 11.6 Å². The molecule has 1 saturated heterocycles. The van der Waals surface area contributed by atoms with Gasteiger partial charge in [-0.15, -0.1) is 0 Å². The molecule has 0 aromatic heterocycles. The minimum Gasteiger partial charge on any atom is -0.465 e. The third kappa shape index (κ3) is 6.00. The number of ether oxygens (including phenoxy) is 2. The van der Waals surface area contributed by atoms with Crippen LogP contribution in [-0.2, 0) is 9.47 Å². The van der Waals surface area contributed by atoms with Gasteiger partial charge >= 0.3 is 12.1 Å². The van der Waals surface area contributed by atoms with Gasteiger partial charge < -0.3 is 24.6 Å². The molecule has 1 N–H and O–H groups in total. The van der Waals surface area contributed by atoms with Crippen LogP contribution in [-0.4, -0.2) is 61.8 Å². The zero-order valence-corrected chi connectivity index (χ0v) is 18.9. The third-order valence-corrected chi connectivity index (χ3v) is 4.97. The van der Waals surface area contributed by atoms with Crippen molar-refractivity contribution in [3.05, 3.63) is 59.7 Å². The number of hydrogen-bond acceptors (Lipinski definition) is 6. The van der Waals surface area contributed by atoms with Crippen LogP contribution in [0.5, 0.6) is 0 Å². The zero-order valence-electron chi connectivity index (χ0n) is 18.9. The van der Waals surface area contributed by atoms with Gasteiger partial charge in [-0.1, -0.05) is 6.07 Å². The van der Waals surface area contributed by atoms with Crippen molar-refractivity contribution in [3.8, 4) is 0 Å². The summed E-state index contributed by atoms with van der Waals surface area (Å²) in [5.41, 5.74) is 1.85. The van der Waals surface area contributed by atoms with Crippen molar-refractivity contribution < 1.29 is 23.9 Å². The highest BCUT2D eigenvalue weighted by molar-refractivity contribution is 6.05. The lowest BCUT2D eigenvalue weighted by Crippen LogP contribution is -2.50. The van der Waals surface area contributed by atoms with E-state index in [9.17, 15) is 14.4 Å². The summed E-state index contributed by atoms with van der Waals surface area (Å²) in [5, 5.41) is 2.84. The number of benzene rings is 2. The average molecular weight is 440 g/mol. The SMILES string of the molecule is COC(=O)c1cccc(C(=O)Nc2ccc(N3CCN(C(=O)OC(C)(C)C)CC3)cc2)c1. The summed E-state index contributed by atoms with van der Waals surface area (Å²) < 4.78 is 10.1. The van der Waals surface area contributed by atoms with Crippen LogP contribution in [0.1, 0.15) is 41.5 Å². The van der Waals surface area contributed by atoms with Crippen LogP contribution in [0.4, 0.5) is 16.2 Å². The Bertz CT molecular complexity index is 974. The van der Waals surface area contributed by atoms with E-state index in [1.807, 2.05) is 45.0 Å². The zero-order chi connectivity index (χ0) is 23.3. The second-order valence-corrected chi connectivity index (χ2v) is 8.53. The quantitative estimate of drug-likeness (QED) is 0.730. The van der Waals surface area contributed by atoms with Crippen molar-refractivity contribution in [2.45, 2.75) is 26.4 Å². The minimum atomic E-state index is -0.505. The number of anilines is 2. The van der Waals surface area contributed by atoms with E-state index in [0.717, 1.165) is 5.69 Å². The lowest BCUT2D eigenvalue weighted by atomic mass is 10.1. The fourth-order valence-corrected chi connectivity index (χ4v) is 3.34. The maximum atomic E-state index is 12.5. The number of methoxy groups -OCH3 is 1. The molecule has 3 rings (SSSR count). The smallest absolute Gasteiger partial charge is 0.410 e. The molecule has 8 nitrogen and oxygen atoms in total. The monoisotopic (exact) mass is 439 g/mol. The summed E-state index contributed by atoms with van der Waals surface area (Å²) in [6.07, 6.45) is -0.286. The second kappa shape index (κ2) is 9.72. The molecule has 0 unspecified atom stereocenters. The highest BCUT2D eigenvalue weighted by Gasteiger charge is 2.26. The number of nitrogens with zero attached hydrogens (tertiary/aromatic N) is 2. The number of piperazine rings is 1. The summed E-state index contributed by atoms with van der Waals surface area (Å²) in [6, 6.07) is 13.9. The molecule has 2 aromatic rings. The Morgan fingerprint density at radius 2 is 1.53 bits per heavy atom. The minimum absolute atomic E-state index is 0.286. The molecule has 0 radical (unpaired) electrons. The molecule has 1 aliphatic heterocycles. The van der Waals surface area contributed by atoms with Crippen LogP contribution >= 0.6 is 0 Å². The maximum absolute atomic E-state index is 12.5. The Balaban J connectivity index is 1.56. The molecule has 0 atom stereocenters. The van der Waals surface area contributed by atoms with Gasteiger partial charge in [-0.3, -0.25) is 4.79 Å². The van der Waals surface area contributed by atoms with Crippen molar-refractivity contribution in [2.24, 2.45) is 0 Å². The Kier molecular flexibility index (Phi) is 7.02. The van der Waals surface area contributed by atoms with Gasteiger partial charge in [0.1, 0.15) is 5.60 Å². The highest BCUT2D eigenvalue weighted by atomic mass is 16.6. The predicted molar refractivity (Wildman–Crippen MR) is 122 cm³/mol. The van der Waals surface area contributed by atoms with Crippen LogP contribution in [0.3, 0.4) is 0 Å². The van der Waals surface area contributed by atoms with Gasteiger partial charge in [-0.05, 0) is 63.2 Å². The van der Waals surface area contributed by atoms with E-state index in [1.54, 1.807) is 23.1 Å². The first-order chi connectivity index (χ1) is 15.2. The average Bonchev–Trinajstić information content (AvgIpc) is 2.78. The van der Waals surface area contributed by atoms with Crippen LogP contribution < -0.4 is 10.2 Å². The van der Waals surface area contributed by atoms with Gasteiger partial charge in [0.05, 0.1) is 12.7 Å². The van der Waals surface area contributed by atoms with E-state index in [2.05, 4.69) is 10.2 Å². The van der Waals surface area contributed by atoms with Crippen molar-refractivity contribution in [3.63, 3.8) is 0 Å². The van der Waals surface area contributed by atoms with E-state index in [4.69, 9.17) is 9.47 Å². The summed E-state index contributed by atoms with van der Waals surface area (Å²) in [4.78, 5) is 40.3. The third-order valence-electron chi connectivity index (χ3n) is 4.97. The fourth-order valence-electron chi connectivity index (χ4n) is 3.34. The number of rotatable bonds is 4. The fraction of sp³-hybridized carbons (Fsp3) is 0.375. The van der Waals surface area contributed by atoms with Gasteiger partial charge in [0.2, 0.25) is 0 Å². The molecule has 1 heterocycles. The summed E-state index contributed by atoms with van der Waals surface area (Å²) >= 11 is 0. The van der Waals surface area contributed by atoms with Crippen LogP contribution in [0.25, 0.3) is 0 Å². The topological polar surface area (TPSA) is 88.2 Å². The Morgan fingerprint density at radius 1 is 0.906 bits per heavy atom. The number of carbonyl (C=O) groups is 3. The number of hydrogen-bond donors (Lipinski definition) is 1. The van der Waals surface area contributed by atoms with Crippen molar-refractivity contribution in [1.29, 1.82) is 0 Å². The number of esters is 1. The summed E-state index contributed by atoms with van der Waals surface area (Å²) in [7, 11) is 1.30. The number of nitrogens with one attached hydrogen (secondary N) is 1. The Hall–Kier alpha value is -3.55. The number of amides is 2. The number of carbonyl (C=O) groups excluding carboxylic acids is 3. The molecule has 2 amide bonds. The normalized spacial score (nSPS) is 14.0. The first-order valence-electron chi connectivity index (χ1n) is 10.5. The van der Waals surface area contributed by atoms with E-state index in [1.165, 1.54) is 13.2 Å². The largest absolute Gasteiger partial charge is 0.465 e. The molecular weight excluding hydrogens is 410 g/mol. The maximum Gasteiger partial charge on any atom is 0.410 e. The predicted octanol–water partition coefficient (Wildman–Crippen LogP) is 3.78. The Morgan fingerprint density at radius 3 is 2.12 bits per heavy atom. The van der Waals surface area contributed by atoms with Gasteiger partial charge in [0.25, 0.3) is 5.91 Å². The highest BCUT2D eigenvalue weighted by Crippen LogP contribution is 2.21. The molecule has 1 aliphatic rings. The van der Waals surface area contributed by atoms with Gasteiger partial charge in [0.15, 0.2) is 0 Å². The lowest BCUT2D eigenvalue weighted by Gasteiger charge is -2.36. The molecule has 8 heteroatoms. The van der Waals surface area contributed by atoms with Gasteiger partial charge in [-0.2, -0.15) is 0 Å². The van der Waals surface area contributed by atoms with Crippen molar-refractivity contribution in [2.75, 3.05) is 43.5 Å². The molecule has 2 aromatic carbocycles. The molecule has 1 fully saturated rings. The van der Waals surface area contributed by atoms with Crippen LogP contribution in [0.15, 0.2) is 48.5 Å². The first-order valence-corrected chi connectivity index (χ1v) is 10.5. The first kappa shape index (κ1) is 23.1. The van der Waals surface area contributed by atoms with Crippen molar-refractivity contribution in [1.82, 2.24) is 4.90 Å². The summed E-state index contributed by atoms with van der Waals surface area (Å²) in [5.74, 6) is -0.801. The van der Waals surface area contributed by atoms with Gasteiger partial charge in [-0.25, -0.2) is 9.59 Å². The molecule has 0 aliphatic carbocycles. The van der Waals surface area contributed by atoms with E-state index in [-0.39, 0.29) is 12.0 Å². The summed E-state index contributed by atoms with van der Waals surface area (Å²) in [6.45, 7) is 8.15. The molecule has 0 bridgehead atoms. The van der Waals surface area contributed by atoms with Crippen molar-refractivity contribution >= 4 is 29.3 Å². The lowest BCUT2D eigenvalue weighted by molar-refractivity contribution is 0.0240. The van der Waals surface area contributed by atoms with Crippen LogP contribution in [0, 0.1) is 0 Å². The van der Waals surface area contributed by atoms with Gasteiger partial charge in [0, 0.05) is 43.1 Å². The molecule has 0 spiro atoms. The standard InChI is InChI=1S/C24H29N3O5/c1-24(2,3)32-23(30)27-14-12-26(13-15-27)20-10-8-19(9-11-20)25-21(28)17-6-5-7-18(16-17)22(29)31-4/h5-11,16H,12-15H2,1-4H3,(H,25,28). The Labute approximate surface area is 188 Å². The second-order valence-electron chi connectivity index (χ2n) is 8.53.